The lowest BCUT2D eigenvalue weighted by molar-refractivity contribution is 0.225. The van der Waals surface area contributed by atoms with E-state index in [9.17, 15) is 0 Å². The van der Waals surface area contributed by atoms with Crippen LogP contribution in [-0.2, 0) is 19.5 Å². The molecule has 1 aliphatic rings. The van der Waals surface area contributed by atoms with E-state index in [1.807, 2.05) is 24.4 Å². The van der Waals surface area contributed by atoms with Gasteiger partial charge >= 0.3 is 0 Å². The fourth-order valence-electron chi connectivity index (χ4n) is 3.21. The molecule has 2 aromatic carbocycles. The second-order valence-corrected chi connectivity index (χ2v) is 6.23. The third-order valence-corrected chi connectivity index (χ3v) is 4.55. The van der Waals surface area contributed by atoms with Crippen LogP contribution in [-0.4, -0.2) is 27.5 Å². The van der Waals surface area contributed by atoms with Gasteiger partial charge in [-0.15, -0.1) is 0 Å². The summed E-state index contributed by atoms with van der Waals surface area (Å²) in [4.78, 5) is 7.08. The maximum atomic E-state index is 4.57. The van der Waals surface area contributed by atoms with E-state index in [1.54, 1.807) is 0 Å². The standard InChI is InChI=1S/C20H22N4/c1-3-7-17(8-4-1)11-12-23-13-14-24-19(16-23)15-21-20(24)22-18-9-5-2-6-10-18/h1-10,15H,11-14,16H2,(H,21,22). The number of rotatable bonds is 5. The average molecular weight is 318 g/mol. The lowest BCUT2D eigenvalue weighted by Gasteiger charge is -2.28. The zero-order valence-corrected chi connectivity index (χ0v) is 13.7. The molecule has 1 aliphatic heterocycles. The first-order valence-corrected chi connectivity index (χ1v) is 8.51. The van der Waals surface area contributed by atoms with Gasteiger partial charge < -0.3 is 9.88 Å². The van der Waals surface area contributed by atoms with Crippen molar-refractivity contribution >= 4 is 11.6 Å². The second kappa shape index (κ2) is 6.89. The average Bonchev–Trinajstić information content (AvgIpc) is 3.04. The van der Waals surface area contributed by atoms with Crippen molar-refractivity contribution in [3.63, 3.8) is 0 Å². The Labute approximate surface area is 142 Å². The normalized spacial score (nSPS) is 14.3. The van der Waals surface area contributed by atoms with Gasteiger partial charge in [0.2, 0.25) is 5.95 Å². The molecule has 122 valence electrons. The van der Waals surface area contributed by atoms with Gasteiger partial charge in [0.1, 0.15) is 0 Å². The van der Waals surface area contributed by atoms with Crippen molar-refractivity contribution in [2.75, 3.05) is 18.4 Å². The second-order valence-electron chi connectivity index (χ2n) is 6.23. The number of aromatic nitrogens is 2. The molecule has 0 saturated carbocycles. The number of nitrogens with one attached hydrogen (secondary N) is 1. The Morgan fingerprint density at radius 3 is 2.46 bits per heavy atom. The number of benzene rings is 2. The molecule has 0 spiro atoms. The predicted molar refractivity (Wildman–Crippen MR) is 97.4 cm³/mol. The molecule has 0 radical (unpaired) electrons. The summed E-state index contributed by atoms with van der Waals surface area (Å²) in [7, 11) is 0. The monoisotopic (exact) mass is 318 g/mol. The smallest absolute Gasteiger partial charge is 0.207 e. The SMILES string of the molecule is c1ccc(CCN2CCn3c(cnc3Nc3ccccc3)C2)cc1. The Hall–Kier alpha value is -2.59. The number of para-hydroxylation sites is 1. The molecule has 0 aliphatic carbocycles. The number of imidazole rings is 1. The first-order chi connectivity index (χ1) is 11.9. The minimum absolute atomic E-state index is 0.943. The highest BCUT2D eigenvalue weighted by Gasteiger charge is 2.19. The van der Waals surface area contributed by atoms with Crippen LogP contribution in [0.1, 0.15) is 11.3 Å². The van der Waals surface area contributed by atoms with Crippen molar-refractivity contribution in [1.82, 2.24) is 14.5 Å². The molecule has 4 heteroatoms. The van der Waals surface area contributed by atoms with Gasteiger partial charge in [0, 0.05) is 31.9 Å². The van der Waals surface area contributed by atoms with Crippen LogP contribution in [0.2, 0.25) is 0 Å². The Morgan fingerprint density at radius 2 is 1.67 bits per heavy atom. The van der Waals surface area contributed by atoms with E-state index in [-0.39, 0.29) is 0 Å². The highest BCUT2D eigenvalue weighted by molar-refractivity contribution is 5.53. The fraction of sp³-hybridized carbons (Fsp3) is 0.250. The van der Waals surface area contributed by atoms with Gasteiger partial charge in [-0.25, -0.2) is 4.98 Å². The van der Waals surface area contributed by atoms with Crippen LogP contribution in [0.5, 0.6) is 0 Å². The van der Waals surface area contributed by atoms with E-state index in [2.05, 4.69) is 62.2 Å². The molecule has 1 aromatic heterocycles. The Balaban J connectivity index is 1.39. The van der Waals surface area contributed by atoms with E-state index in [4.69, 9.17) is 0 Å². The highest BCUT2D eigenvalue weighted by Crippen LogP contribution is 2.21. The first-order valence-electron chi connectivity index (χ1n) is 8.51. The fourth-order valence-corrected chi connectivity index (χ4v) is 3.21. The Morgan fingerprint density at radius 1 is 0.917 bits per heavy atom. The number of hydrogen-bond donors (Lipinski definition) is 1. The number of nitrogens with zero attached hydrogens (tertiary/aromatic N) is 3. The van der Waals surface area contributed by atoms with Crippen molar-refractivity contribution < 1.29 is 0 Å². The molecule has 24 heavy (non-hydrogen) atoms. The molecule has 4 rings (SSSR count). The van der Waals surface area contributed by atoms with Gasteiger partial charge in [-0.3, -0.25) is 4.90 Å². The maximum absolute atomic E-state index is 4.57. The lowest BCUT2D eigenvalue weighted by atomic mass is 10.1. The van der Waals surface area contributed by atoms with Crippen LogP contribution < -0.4 is 5.32 Å². The van der Waals surface area contributed by atoms with Crippen LogP contribution in [0.3, 0.4) is 0 Å². The van der Waals surface area contributed by atoms with E-state index >= 15 is 0 Å². The summed E-state index contributed by atoms with van der Waals surface area (Å²) in [5, 5.41) is 3.42. The molecule has 0 amide bonds. The molecule has 2 heterocycles. The molecular weight excluding hydrogens is 296 g/mol. The summed E-state index contributed by atoms with van der Waals surface area (Å²) in [6.45, 7) is 4.12. The third-order valence-electron chi connectivity index (χ3n) is 4.55. The third kappa shape index (κ3) is 3.34. The summed E-state index contributed by atoms with van der Waals surface area (Å²) in [6, 6.07) is 20.9. The summed E-state index contributed by atoms with van der Waals surface area (Å²) in [6.07, 6.45) is 3.10. The molecule has 0 fully saturated rings. The topological polar surface area (TPSA) is 33.1 Å². The molecule has 0 saturated heterocycles. The molecular formula is C20H22N4. The Kier molecular flexibility index (Phi) is 4.30. The Bertz CT molecular complexity index is 780. The van der Waals surface area contributed by atoms with Crippen LogP contribution in [0.15, 0.2) is 66.9 Å². The summed E-state index contributed by atoms with van der Waals surface area (Å²) >= 11 is 0. The van der Waals surface area contributed by atoms with Crippen molar-refractivity contribution in [2.45, 2.75) is 19.5 Å². The highest BCUT2D eigenvalue weighted by atomic mass is 15.3. The largest absolute Gasteiger partial charge is 0.326 e. The van der Waals surface area contributed by atoms with E-state index in [1.165, 1.54) is 11.3 Å². The van der Waals surface area contributed by atoms with Crippen molar-refractivity contribution in [1.29, 1.82) is 0 Å². The van der Waals surface area contributed by atoms with Gasteiger partial charge in [-0.2, -0.15) is 0 Å². The van der Waals surface area contributed by atoms with Gasteiger partial charge in [-0.05, 0) is 24.1 Å². The zero-order valence-electron chi connectivity index (χ0n) is 13.7. The van der Waals surface area contributed by atoms with Gasteiger partial charge in [0.05, 0.1) is 11.9 Å². The molecule has 0 unspecified atom stereocenters. The molecule has 3 aromatic rings. The van der Waals surface area contributed by atoms with Crippen LogP contribution >= 0.6 is 0 Å². The molecule has 0 atom stereocenters. The number of anilines is 2. The van der Waals surface area contributed by atoms with Crippen LogP contribution in [0.25, 0.3) is 0 Å². The molecule has 1 N–H and O–H groups in total. The van der Waals surface area contributed by atoms with Crippen molar-refractivity contribution in [2.24, 2.45) is 0 Å². The van der Waals surface area contributed by atoms with E-state index < -0.39 is 0 Å². The predicted octanol–water partition coefficient (Wildman–Crippen LogP) is 3.69. The first kappa shape index (κ1) is 15.0. The molecule has 4 nitrogen and oxygen atoms in total. The number of fused-ring (bicyclic) bond motifs is 1. The summed E-state index contributed by atoms with van der Waals surface area (Å²) in [5.41, 5.74) is 3.77. The van der Waals surface area contributed by atoms with E-state index in [0.29, 0.717) is 0 Å². The summed E-state index contributed by atoms with van der Waals surface area (Å²) in [5.74, 6) is 0.943. The lowest BCUT2D eigenvalue weighted by Crippen LogP contribution is -2.35. The van der Waals surface area contributed by atoms with E-state index in [0.717, 1.165) is 44.2 Å². The minimum atomic E-state index is 0.943. The molecule has 0 bridgehead atoms. The van der Waals surface area contributed by atoms with Gasteiger partial charge in [0.15, 0.2) is 0 Å². The quantitative estimate of drug-likeness (QED) is 0.779. The van der Waals surface area contributed by atoms with Crippen LogP contribution in [0, 0.1) is 0 Å². The zero-order chi connectivity index (χ0) is 16.2. The van der Waals surface area contributed by atoms with Gasteiger partial charge in [-0.1, -0.05) is 48.5 Å². The maximum Gasteiger partial charge on any atom is 0.207 e. The number of hydrogen-bond acceptors (Lipinski definition) is 3. The van der Waals surface area contributed by atoms with Gasteiger partial charge in [0.25, 0.3) is 0 Å². The van der Waals surface area contributed by atoms with Crippen LogP contribution in [0.4, 0.5) is 11.6 Å². The van der Waals surface area contributed by atoms with Crippen molar-refractivity contribution in [3.8, 4) is 0 Å². The van der Waals surface area contributed by atoms with Crippen molar-refractivity contribution in [3.05, 3.63) is 78.1 Å². The minimum Gasteiger partial charge on any atom is -0.326 e. The summed E-state index contributed by atoms with van der Waals surface area (Å²) < 4.78 is 2.30.